The van der Waals surface area contributed by atoms with E-state index in [4.69, 9.17) is 4.52 Å². The molecule has 2 heterocycles. The van der Waals surface area contributed by atoms with Gasteiger partial charge in [-0.25, -0.2) is 4.98 Å². The maximum atomic E-state index is 12.2. The Labute approximate surface area is 121 Å². The average molecular weight is 284 g/mol. The first-order valence-corrected chi connectivity index (χ1v) is 6.86. The monoisotopic (exact) mass is 284 g/mol. The number of para-hydroxylation sites is 2. The highest BCUT2D eigenvalue weighted by atomic mass is 16.5. The summed E-state index contributed by atoms with van der Waals surface area (Å²) in [7, 11) is 0. The minimum Gasteiger partial charge on any atom is -0.360 e. The maximum absolute atomic E-state index is 12.2. The Morgan fingerprint density at radius 2 is 2.19 bits per heavy atom. The maximum Gasteiger partial charge on any atom is 0.257 e. The molecule has 0 aliphatic carbocycles. The Morgan fingerprint density at radius 1 is 1.38 bits per heavy atom. The van der Waals surface area contributed by atoms with E-state index in [1.165, 1.54) is 0 Å². The number of aromatic amines is 1. The van der Waals surface area contributed by atoms with Crippen molar-refractivity contribution >= 4 is 16.9 Å². The molecule has 6 heteroatoms. The number of H-pyrrole nitrogens is 1. The highest BCUT2D eigenvalue weighted by molar-refractivity contribution is 5.96. The van der Waals surface area contributed by atoms with Crippen molar-refractivity contribution in [2.45, 2.75) is 26.8 Å². The lowest BCUT2D eigenvalue weighted by molar-refractivity contribution is 0.0947. The molecule has 0 atom stereocenters. The second-order valence-corrected chi connectivity index (χ2v) is 4.80. The van der Waals surface area contributed by atoms with E-state index in [0.29, 0.717) is 30.0 Å². The van der Waals surface area contributed by atoms with Crippen LogP contribution in [0.4, 0.5) is 0 Å². The van der Waals surface area contributed by atoms with Crippen molar-refractivity contribution in [2.75, 3.05) is 0 Å². The van der Waals surface area contributed by atoms with Gasteiger partial charge in [0.1, 0.15) is 17.1 Å². The molecule has 21 heavy (non-hydrogen) atoms. The number of aryl methyl sites for hydroxylation is 2. The van der Waals surface area contributed by atoms with Crippen LogP contribution in [0.25, 0.3) is 11.0 Å². The van der Waals surface area contributed by atoms with Gasteiger partial charge in [-0.2, -0.15) is 0 Å². The topological polar surface area (TPSA) is 83.8 Å². The predicted octanol–water partition coefficient (Wildman–Crippen LogP) is 2.35. The number of carbonyl (C=O) groups excluding carboxylic acids is 1. The Bertz CT molecular complexity index is 755. The Kier molecular flexibility index (Phi) is 3.43. The van der Waals surface area contributed by atoms with Crippen molar-refractivity contribution in [3.8, 4) is 0 Å². The van der Waals surface area contributed by atoms with E-state index in [1.54, 1.807) is 6.92 Å². The van der Waals surface area contributed by atoms with Crippen molar-refractivity contribution in [1.29, 1.82) is 0 Å². The molecule has 0 saturated carbocycles. The summed E-state index contributed by atoms with van der Waals surface area (Å²) in [5.41, 5.74) is 2.97. The fourth-order valence-corrected chi connectivity index (χ4v) is 2.29. The third kappa shape index (κ3) is 2.52. The highest BCUT2D eigenvalue weighted by Crippen LogP contribution is 2.14. The van der Waals surface area contributed by atoms with E-state index in [9.17, 15) is 4.79 Å². The largest absolute Gasteiger partial charge is 0.360 e. The van der Waals surface area contributed by atoms with Crippen LogP contribution >= 0.6 is 0 Å². The van der Waals surface area contributed by atoms with Gasteiger partial charge in [-0.05, 0) is 19.1 Å². The molecule has 3 aromatic rings. The zero-order valence-electron chi connectivity index (χ0n) is 11.9. The fourth-order valence-electron chi connectivity index (χ4n) is 2.29. The zero-order chi connectivity index (χ0) is 14.8. The van der Waals surface area contributed by atoms with Crippen molar-refractivity contribution in [2.24, 2.45) is 0 Å². The third-order valence-electron chi connectivity index (χ3n) is 3.34. The molecule has 2 aromatic heterocycles. The normalized spacial score (nSPS) is 11.0. The minimum atomic E-state index is -0.189. The first-order chi connectivity index (χ1) is 10.2. The van der Waals surface area contributed by atoms with Gasteiger partial charge in [0.05, 0.1) is 23.3 Å². The summed E-state index contributed by atoms with van der Waals surface area (Å²) in [5.74, 6) is 1.14. The fraction of sp³-hybridized carbons (Fsp3) is 0.267. The number of imidazole rings is 1. The number of rotatable bonds is 4. The lowest BCUT2D eigenvalue weighted by atomic mass is 10.1. The van der Waals surface area contributed by atoms with E-state index in [-0.39, 0.29) is 5.91 Å². The number of nitrogens with one attached hydrogen (secondary N) is 2. The van der Waals surface area contributed by atoms with Crippen LogP contribution in [0.15, 0.2) is 28.8 Å². The highest BCUT2D eigenvalue weighted by Gasteiger charge is 2.19. The predicted molar refractivity (Wildman–Crippen MR) is 77.9 cm³/mol. The number of fused-ring (bicyclic) bond motifs is 1. The minimum absolute atomic E-state index is 0.189. The number of hydrogen-bond donors (Lipinski definition) is 2. The van der Waals surface area contributed by atoms with Crippen molar-refractivity contribution < 1.29 is 9.32 Å². The van der Waals surface area contributed by atoms with Gasteiger partial charge in [-0.3, -0.25) is 4.79 Å². The van der Waals surface area contributed by atoms with Crippen LogP contribution in [0.5, 0.6) is 0 Å². The summed E-state index contributed by atoms with van der Waals surface area (Å²) in [5, 5.41) is 6.68. The standard InChI is InChI=1S/C15H16N4O2/c1-3-12-14(9(2)19-21-12)15(20)16-8-13-17-10-6-4-5-7-11(10)18-13/h4-7H,3,8H2,1-2H3,(H,16,20)(H,17,18). The van der Waals surface area contributed by atoms with E-state index in [2.05, 4.69) is 20.4 Å². The second kappa shape index (κ2) is 5.40. The SMILES string of the molecule is CCc1onc(C)c1C(=O)NCc1nc2ccccc2[nH]1. The number of aromatic nitrogens is 3. The smallest absolute Gasteiger partial charge is 0.257 e. The van der Waals surface area contributed by atoms with Gasteiger partial charge >= 0.3 is 0 Å². The van der Waals surface area contributed by atoms with Crippen LogP contribution in [0, 0.1) is 6.92 Å². The first-order valence-electron chi connectivity index (χ1n) is 6.86. The van der Waals surface area contributed by atoms with Gasteiger partial charge in [0, 0.05) is 6.42 Å². The lowest BCUT2D eigenvalue weighted by Gasteiger charge is -2.02. The van der Waals surface area contributed by atoms with Crippen LogP contribution < -0.4 is 5.32 Å². The quantitative estimate of drug-likeness (QED) is 0.770. The number of benzene rings is 1. The van der Waals surface area contributed by atoms with Crippen LogP contribution in [0.1, 0.15) is 34.6 Å². The summed E-state index contributed by atoms with van der Waals surface area (Å²) >= 11 is 0. The van der Waals surface area contributed by atoms with E-state index in [0.717, 1.165) is 16.9 Å². The van der Waals surface area contributed by atoms with Gasteiger partial charge in [0.25, 0.3) is 5.91 Å². The van der Waals surface area contributed by atoms with Gasteiger partial charge in [-0.1, -0.05) is 24.2 Å². The van der Waals surface area contributed by atoms with Gasteiger partial charge in [-0.15, -0.1) is 0 Å². The number of carbonyl (C=O) groups is 1. The van der Waals surface area contributed by atoms with Crippen LogP contribution in [0.2, 0.25) is 0 Å². The third-order valence-corrected chi connectivity index (χ3v) is 3.34. The molecule has 0 fully saturated rings. The van der Waals surface area contributed by atoms with Crippen molar-refractivity contribution in [3.63, 3.8) is 0 Å². The molecule has 0 unspecified atom stereocenters. The van der Waals surface area contributed by atoms with Crippen LogP contribution in [-0.2, 0) is 13.0 Å². The Balaban J connectivity index is 1.75. The van der Waals surface area contributed by atoms with Crippen molar-refractivity contribution in [1.82, 2.24) is 20.4 Å². The second-order valence-electron chi connectivity index (χ2n) is 4.80. The number of hydrogen-bond acceptors (Lipinski definition) is 4. The lowest BCUT2D eigenvalue weighted by Crippen LogP contribution is -2.24. The van der Waals surface area contributed by atoms with Crippen LogP contribution in [0.3, 0.4) is 0 Å². The van der Waals surface area contributed by atoms with E-state index < -0.39 is 0 Å². The molecule has 0 radical (unpaired) electrons. The molecule has 2 N–H and O–H groups in total. The molecular weight excluding hydrogens is 268 g/mol. The summed E-state index contributed by atoms with van der Waals surface area (Å²) in [4.78, 5) is 19.8. The zero-order valence-corrected chi connectivity index (χ0v) is 11.9. The molecule has 0 saturated heterocycles. The van der Waals surface area contributed by atoms with Crippen LogP contribution in [-0.4, -0.2) is 21.0 Å². The van der Waals surface area contributed by atoms with Gasteiger partial charge < -0.3 is 14.8 Å². The average Bonchev–Trinajstić information content (AvgIpc) is 3.07. The molecule has 3 rings (SSSR count). The van der Waals surface area contributed by atoms with E-state index in [1.807, 2.05) is 31.2 Å². The summed E-state index contributed by atoms with van der Waals surface area (Å²) in [6.07, 6.45) is 0.633. The molecule has 0 spiro atoms. The molecule has 108 valence electrons. The summed E-state index contributed by atoms with van der Waals surface area (Å²) in [6.45, 7) is 4.02. The molecule has 1 amide bonds. The number of amides is 1. The Hall–Kier alpha value is -2.63. The number of nitrogens with zero attached hydrogens (tertiary/aromatic N) is 2. The van der Waals surface area contributed by atoms with Gasteiger partial charge in [0.2, 0.25) is 0 Å². The Morgan fingerprint density at radius 3 is 2.95 bits per heavy atom. The molecule has 6 nitrogen and oxygen atoms in total. The summed E-state index contributed by atoms with van der Waals surface area (Å²) in [6, 6.07) is 7.75. The van der Waals surface area contributed by atoms with Crippen molar-refractivity contribution in [3.05, 3.63) is 47.1 Å². The van der Waals surface area contributed by atoms with E-state index >= 15 is 0 Å². The molecule has 0 aliphatic heterocycles. The first kappa shape index (κ1) is 13.4. The molecular formula is C15H16N4O2. The van der Waals surface area contributed by atoms with Gasteiger partial charge in [0.15, 0.2) is 0 Å². The molecule has 0 aliphatic rings. The molecule has 0 bridgehead atoms. The molecule has 1 aromatic carbocycles. The summed E-state index contributed by atoms with van der Waals surface area (Å²) < 4.78 is 5.13.